The lowest BCUT2D eigenvalue weighted by Gasteiger charge is -2.12. The number of nitrogens with one attached hydrogen (secondary N) is 3. The van der Waals surface area contributed by atoms with Gasteiger partial charge in [-0.1, -0.05) is 19.1 Å². The van der Waals surface area contributed by atoms with E-state index in [0.717, 1.165) is 11.5 Å². The monoisotopic (exact) mass is 434 g/mol. The van der Waals surface area contributed by atoms with Gasteiger partial charge in [-0.25, -0.2) is 4.39 Å². The average Bonchev–Trinajstić information content (AvgIpc) is 3.20. The van der Waals surface area contributed by atoms with E-state index in [2.05, 4.69) is 27.9 Å². The number of guanidine groups is 1. The van der Waals surface area contributed by atoms with Gasteiger partial charge in [0.2, 0.25) is 5.91 Å². The Bertz CT molecular complexity index is 535. The Morgan fingerprint density at radius 1 is 1.26 bits per heavy atom. The van der Waals surface area contributed by atoms with Crippen molar-refractivity contribution in [2.45, 2.75) is 25.8 Å². The number of hydrogen-bond donors (Lipinski definition) is 3. The Morgan fingerprint density at radius 3 is 2.43 bits per heavy atom. The van der Waals surface area contributed by atoms with Crippen LogP contribution < -0.4 is 16.0 Å². The number of hydrogen-bond acceptors (Lipinski definition) is 2. The number of carbonyl (C=O) groups is 1. The fraction of sp³-hybridized carbons (Fsp3) is 0.500. The summed E-state index contributed by atoms with van der Waals surface area (Å²) in [5.41, 5.74) is 0.798. The SMILES string of the molecule is CN=C(NCCNC(=O)Cc1ccc(F)cc1)NC1CC1C.I. The van der Waals surface area contributed by atoms with Crippen molar-refractivity contribution in [1.29, 1.82) is 0 Å². The molecule has 1 amide bonds. The van der Waals surface area contributed by atoms with E-state index in [4.69, 9.17) is 0 Å². The molecular weight excluding hydrogens is 410 g/mol. The highest BCUT2D eigenvalue weighted by molar-refractivity contribution is 14.0. The lowest BCUT2D eigenvalue weighted by Crippen LogP contribution is -2.42. The van der Waals surface area contributed by atoms with Crippen molar-refractivity contribution < 1.29 is 9.18 Å². The van der Waals surface area contributed by atoms with Crippen LogP contribution in [0.15, 0.2) is 29.3 Å². The molecule has 0 aromatic heterocycles. The number of carbonyl (C=O) groups excluding carboxylic acids is 1. The van der Waals surface area contributed by atoms with Crippen LogP contribution >= 0.6 is 24.0 Å². The van der Waals surface area contributed by atoms with Crippen molar-refractivity contribution in [3.05, 3.63) is 35.6 Å². The molecule has 2 atom stereocenters. The predicted octanol–water partition coefficient (Wildman–Crippen LogP) is 1.68. The zero-order valence-corrected chi connectivity index (χ0v) is 15.8. The van der Waals surface area contributed by atoms with Gasteiger partial charge in [0.1, 0.15) is 5.82 Å². The Hall–Kier alpha value is -1.38. The zero-order chi connectivity index (χ0) is 15.9. The summed E-state index contributed by atoms with van der Waals surface area (Å²) in [5, 5.41) is 9.30. The van der Waals surface area contributed by atoms with Crippen LogP contribution in [0.1, 0.15) is 18.9 Å². The largest absolute Gasteiger partial charge is 0.355 e. The molecule has 1 aromatic carbocycles. The molecule has 5 nitrogen and oxygen atoms in total. The quantitative estimate of drug-likeness (QED) is 0.276. The van der Waals surface area contributed by atoms with Gasteiger partial charge in [0.25, 0.3) is 0 Å². The maximum Gasteiger partial charge on any atom is 0.224 e. The van der Waals surface area contributed by atoms with Crippen molar-refractivity contribution in [3.63, 3.8) is 0 Å². The second kappa shape index (κ2) is 9.69. The number of aliphatic imine (C=N–C) groups is 1. The number of rotatable bonds is 6. The normalized spacial score (nSPS) is 19.5. The molecule has 1 aliphatic carbocycles. The fourth-order valence-electron chi connectivity index (χ4n) is 2.13. The van der Waals surface area contributed by atoms with E-state index in [9.17, 15) is 9.18 Å². The number of benzene rings is 1. The molecule has 0 bridgehead atoms. The van der Waals surface area contributed by atoms with Gasteiger partial charge >= 0.3 is 0 Å². The van der Waals surface area contributed by atoms with Crippen LogP contribution in [0.2, 0.25) is 0 Å². The highest BCUT2D eigenvalue weighted by Crippen LogP contribution is 2.28. The van der Waals surface area contributed by atoms with Gasteiger partial charge in [0.05, 0.1) is 6.42 Å². The van der Waals surface area contributed by atoms with Crippen LogP contribution in [0.5, 0.6) is 0 Å². The Morgan fingerprint density at radius 2 is 1.87 bits per heavy atom. The van der Waals surface area contributed by atoms with Crippen molar-refractivity contribution in [3.8, 4) is 0 Å². The summed E-state index contributed by atoms with van der Waals surface area (Å²) in [4.78, 5) is 15.9. The lowest BCUT2D eigenvalue weighted by atomic mass is 10.1. The first-order chi connectivity index (χ1) is 10.6. The van der Waals surface area contributed by atoms with Crippen molar-refractivity contribution >= 4 is 35.8 Å². The highest BCUT2D eigenvalue weighted by atomic mass is 127. The minimum atomic E-state index is -0.294. The number of nitrogens with zero attached hydrogens (tertiary/aromatic N) is 1. The first-order valence-corrected chi connectivity index (χ1v) is 7.57. The summed E-state index contributed by atoms with van der Waals surface area (Å²) in [6, 6.07) is 6.47. The van der Waals surface area contributed by atoms with Gasteiger partial charge in [-0.3, -0.25) is 9.79 Å². The van der Waals surface area contributed by atoms with E-state index in [-0.39, 0.29) is 42.1 Å². The summed E-state index contributed by atoms with van der Waals surface area (Å²) >= 11 is 0. The maximum absolute atomic E-state index is 12.8. The third-order valence-corrected chi connectivity index (χ3v) is 3.67. The first kappa shape index (κ1) is 19.7. The summed E-state index contributed by atoms with van der Waals surface area (Å²) in [6.07, 6.45) is 1.43. The molecule has 3 N–H and O–H groups in total. The molecule has 0 radical (unpaired) electrons. The van der Waals surface area contributed by atoms with Crippen molar-refractivity contribution in [2.75, 3.05) is 20.1 Å². The Kier molecular flexibility index (Phi) is 8.29. The minimum Gasteiger partial charge on any atom is -0.355 e. The fourth-order valence-corrected chi connectivity index (χ4v) is 2.13. The molecule has 23 heavy (non-hydrogen) atoms. The molecule has 1 fully saturated rings. The molecule has 0 saturated heterocycles. The molecule has 1 aromatic rings. The minimum absolute atomic E-state index is 0. The molecule has 7 heteroatoms. The summed E-state index contributed by atoms with van der Waals surface area (Å²) in [7, 11) is 1.73. The predicted molar refractivity (Wildman–Crippen MR) is 101 cm³/mol. The van der Waals surface area contributed by atoms with Crippen LogP contribution in [0.4, 0.5) is 4.39 Å². The lowest BCUT2D eigenvalue weighted by molar-refractivity contribution is -0.120. The van der Waals surface area contributed by atoms with Crippen LogP contribution in [0.3, 0.4) is 0 Å². The van der Waals surface area contributed by atoms with E-state index in [1.165, 1.54) is 18.6 Å². The van der Waals surface area contributed by atoms with Crippen molar-refractivity contribution in [2.24, 2.45) is 10.9 Å². The smallest absolute Gasteiger partial charge is 0.224 e. The average molecular weight is 434 g/mol. The van der Waals surface area contributed by atoms with Crippen LogP contribution in [-0.2, 0) is 11.2 Å². The van der Waals surface area contributed by atoms with Gasteiger partial charge < -0.3 is 16.0 Å². The van der Waals surface area contributed by atoms with Crippen LogP contribution in [0, 0.1) is 11.7 Å². The summed E-state index contributed by atoms with van der Waals surface area (Å²) < 4.78 is 12.8. The molecule has 128 valence electrons. The summed E-state index contributed by atoms with van der Waals surface area (Å²) in [5.74, 6) is 1.10. The maximum atomic E-state index is 12.8. The van der Waals surface area contributed by atoms with E-state index in [0.29, 0.717) is 25.0 Å². The molecule has 0 aliphatic heterocycles. The number of halogens is 2. The van der Waals surface area contributed by atoms with E-state index in [1.807, 2.05) is 0 Å². The second-order valence-corrected chi connectivity index (χ2v) is 5.62. The Balaban J connectivity index is 0.00000264. The molecule has 1 saturated carbocycles. The first-order valence-electron chi connectivity index (χ1n) is 7.57. The molecule has 0 spiro atoms. The van der Waals surface area contributed by atoms with E-state index >= 15 is 0 Å². The van der Waals surface area contributed by atoms with Gasteiger partial charge in [-0.05, 0) is 30.0 Å². The van der Waals surface area contributed by atoms with Gasteiger partial charge in [-0.15, -0.1) is 24.0 Å². The number of amides is 1. The third-order valence-electron chi connectivity index (χ3n) is 3.67. The molecule has 2 rings (SSSR count). The zero-order valence-electron chi connectivity index (χ0n) is 13.4. The van der Waals surface area contributed by atoms with Gasteiger partial charge in [0, 0.05) is 26.2 Å². The second-order valence-electron chi connectivity index (χ2n) is 5.62. The molecule has 1 aliphatic rings. The third kappa shape index (κ3) is 7.15. The molecule has 0 heterocycles. The van der Waals surface area contributed by atoms with Gasteiger partial charge in [0.15, 0.2) is 5.96 Å². The van der Waals surface area contributed by atoms with Crippen molar-refractivity contribution in [1.82, 2.24) is 16.0 Å². The van der Waals surface area contributed by atoms with Crippen LogP contribution in [0.25, 0.3) is 0 Å². The molecular formula is C16H24FIN4O. The Labute approximate surface area is 153 Å². The molecule has 2 unspecified atom stereocenters. The van der Waals surface area contributed by atoms with E-state index in [1.54, 1.807) is 19.2 Å². The topological polar surface area (TPSA) is 65.5 Å². The van der Waals surface area contributed by atoms with E-state index < -0.39 is 0 Å². The van der Waals surface area contributed by atoms with Crippen LogP contribution in [-0.4, -0.2) is 38.0 Å². The highest BCUT2D eigenvalue weighted by Gasteiger charge is 2.33. The van der Waals surface area contributed by atoms with Gasteiger partial charge in [-0.2, -0.15) is 0 Å². The standard InChI is InChI=1S/C16H23FN4O.HI/c1-11-9-14(11)21-16(18-2)20-8-7-19-15(22)10-12-3-5-13(17)6-4-12;/h3-6,11,14H,7-10H2,1-2H3,(H,19,22)(H2,18,20,21);1H. The summed E-state index contributed by atoms with van der Waals surface area (Å²) in [6.45, 7) is 3.32.